The molecule has 0 spiro atoms. The summed E-state index contributed by atoms with van der Waals surface area (Å²) in [7, 11) is 0. The van der Waals surface area contributed by atoms with E-state index in [4.69, 9.17) is 0 Å². The van der Waals surface area contributed by atoms with Gasteiger partial charge in [0.2, 0.25) is 0 Å². The lowest BCUT2D eigenvalue weighted by molar-refractivity contribution is -0.127. The molecule has 1 aliphatic rings. The number of Topliss-reactive ketones (excluding diaryl/α,β-unsaturated/α-hetero) is 2. The molecule has 0 aromatic heterocycles. The molecule has 98 valence electrons. The highest BCUT2D eigenvalue weighted by molar-refractivity contribution is 5.98. The summed E-state index contributed by atoms with van der Waals surface area (Å²) in [4.78, 5) is 23.0. The molecule has 2 heteroatoms. The van der Waals surface area contributed by atoms with Crippen LogP contribution in [0.2, 0.25) is 0 Å². The first-order valence-corrected chi connectivity index (χ1v) is 7.32. The summed E-state index contributed by atoms with van der Waals surface area (Å²) in [5.74, 6) is 0.315. The van der Waals surface area contributed by atoms with Crippen molar-refractivity contribution in [2.24, 2.45) is 0 Å². The van der Waals surface area contributed by atoms with E-state index in [1.807, 2.05) is 0 Å². The van der Waals surface area contributed by atoms with Crippen molar-refractivity contribution < 1.29 is 9.59 Å². The second-order valence-electron chi connectivity index (χ2n) is 5.29. The van der Waals surface area contributed by atoms with Gasteiger partial charge in [0, 0.05) is 12.8 Å². The summed E-state index contributed by atoms with van der Waals surface area (Å²) < 4.78 is 0. The van der Waals surface area contributed by atoms with Gasteiger partial charge in [0.15, 0.2) is 0 Å². The molecular formula is C15H26O2. The van der Waals surface area contributed by atoms with Crippen molar-refractivity contribution in [1.29, 1.82) is 0 Å². The van der Waals surface area contributed by atoms with Crippen LogP contribution in [0.25, 0.3) is 0 Å². The fraction of sp³-hybridized carbons (Fsp3) is 0.867. The minimum Gasteiger partial charge on any atom is -0.299 e. The predicted molar refractivity (Wildman–Crippen MR) is 70.0 cm³/mol. The van der Waals surface area contributed by atoms with Crippen LogP contribution in [0.15, 0.2) is 0 Å². The van der Waals surface area contributed by atoms with Crippen LogP contribution in [0.3, 0.4) is 0 Å². The highest BCUT2D eigenvalue weighted by Crippen LogP contribution is 2.14. The Balaban J connectivity index is 2.26. The third-order valence-corrected chi connectivity index (χ3v) is 3.56. The van der Waals surface area contributed by atoms with Crippen LogP contribution in [0.5, 0.6) is 0 Å². The smallest absolute Gasteiger partial charge is 0.140 e. The minimum atomic E-state index is 0.157. The van der Waals surface area contributed by atoms with Gasteiger partial charge in [-0.2, -0.15) is 0 Å². The molecule has 0 radical (unpaired) electrons. The normalized spacial score (nSPS) is 22.8. The number of ketones is 2. The maximum Gasteiger partial charge on any atom is 0.140 e. The van der Waals surface area contributed by atoms with Crippen molar-refractivity contribution in [2.45, 2.75) is 83.5 Å². The molecule has 0 saturated heterocycles. The average molecular weight is 238 g/mol. The Morgan fingerprint density at radius 2 is 0.765 bits per heavy atom. The van der Waals surface area contributed by atoms with Crippen LogP contribution >= 0.6 is 0 Å². The number of carbonyl (C=O) groups excluding carboxylic acids is 2. The van der Waals surface area contributed by atoms with Gasteiger partial charge in [-0.05, 0) is 12.8 Å². The Hall–Kier alpha value is -0.660. The Morgan fingerprint density at radius 1 is 0.471 bits per heavy atom. The Morgan fingerprint density at radius 3 is 1.12 bits per heavy atom. The molecule has 0 atom stereocenters. The van der Waals surface area contributed by atoms with Crippen molar-refractivity contribution >= 4 is 11.6 Å². The van der Waals surface area contributed by atoms with Crippen LogP contribution in [-0.4, -0.2) is 11.6 Å². The second kappa shape index (κ2) is 9.38. The molecule has 17 heavy (non-hydrogen) atoms. The van der Waals surface area contributed by atoms with Crippen molar-refractivity contribution in [2.75, 3.05) is 0 Å². The van der Waals surface area contributed by atoms with Crippen LogP contribution in [0, 0.1) is 0 Å². The molecule has 0 aromatic rings. The van der Waals surface area contributed by atoms with Gasteiger partial charge >= 0.3 is 0 Å². The van der Waals surface area contributed by atoms with E-state index in [0.29, 0.717) is 12.8 Å². The molecule has 0 amide bonds. The van der Waals surface area contributed by atoms with Gasteiger partial charge in [-0.3, -0.25) is 9.59 Å². The SMILES string of the molecule is O=C1CCCCCCCCCCCCC(=O)C1. The van der Waals surface area contributed by atoms with E-state index in [0.717, 1.165) is 25.7 Å². The Kier molecular flexibility index (Phi) is 7.94. The van der Waals surface area contributed by atoms with E-state index < -0.39 is 0 Å². The lowest BCUT2D eigenvalue weighted by atomic mass is 10.0. The molecule has 0 bridgehead atoms. The first-order valence-electron chi connectivity index (χ1n) is 7.32. The third-order valence-electron chi connectivity index (χ3n) is 3.56. The van der Waals surface area contributed by atoms with Crippen LogP contribution in [0.1, 0.15) is 83.5 Å². The van der Waals surface area contributed by atoms with Gasteiger partial charge in [0.05, 0.1) is 6.42 Å². The summed E-state index contributed by atoms with van der Waals surface area (Å²) in [5.41, 5.74) is 0. The maximum atomic E-state index is 11.5. The van der Waals surface area contributed by atoms with E-state index in [9.17, 15) is 9.59 Å². The van der Waals surface area contributed by atoms with E-state index in [1.165, 1.54) is 38.5 Å². The summed E-state index contributed by atoms with van der Waals surface area (Å²) in [6.07, 6.45) is 13.5. The molecule has 1 rings (SSSR count). The van der Waals surface area contributed by atoms with Crippen molar-refractivity contribution in [1.82, 2.24) is 0 Å². The minimum absolute atomic E-state index is 0.157. The first-order chi connectivity index (χ1) is 8.29. The number of rotatable bonds is 0. The topological polar surface area (TPSA) is 34.1 Å². The molecule has 0 heterocycles. The quantitative estimate of drug-likeness (QED) is 0.592. The number of hydrogen-bond acceptors (Lipinski definition) is 2. The highest BCUT2D eigenvalue weighted by Gasteiger charge is 2.09. The van der Waals surface area contributed by atoms with Gasteiger partial charge < -0.3 is 0 Å². The van der Waals surface area contributed by atoms with E-state index in [2.05, 4.69) is 0 Å². The summed E-state index contributed by atoms with van der Waals surface area (Å²) in [6, 6.07) is 0. The zero-order valence-electron chi connectivity index (χ0n) is 11.0. The average Bonchev–Trinajstić information content (AvgIpc) is 2.30. The fourth-order valence-corrected chi connectivity index (χ4v) is 2.46. The molecule has 1 aliphatic carbocycles. The number of carbonyl (C=O) groups is 2. The van der Waals surface area contributed by atoms with E-state index >= 15 is 0 Å². The second-order valence-corrected chi connectivity index (χ2v) is 5.29. The largest absolute Gasteiger partial charge is 0.299 e. The lowest BCUT2D eigenvalue weighted by Gasteiger charge is -2.01. The summed E-state index contributed by atoms with van der Waals surface area (Å²) in [6.45, 7) is 0. The Labute approximate surface area is 105 Å². The molecule has 0 N–H and O–H groups in total. The molecular weight excluding hydrogens is 212 g/mol. The molecule has 1 fully saturated rings. The van der Waals surface area contributed by atoms with Crippen molar-refractivity contribution in [3.8, 4) is 0 Å². The summed E-state index contributed by atoms with van der Waals surface area (Å²) in [5, 5.41) is 0. The van der Waals surface area contributed by atoms with Gasteiger partial charge in [-0.1, -0.05) is 51.4 Å². The molecule has 0 unspecified atom stereocenters. The predicted octanol–water partition coefficient (Wildman–Crippen LogP) is 4.21. The monoisotopic (exact) mass is 238 g/mol. The van der Waals surface area contributed by atoms with E-state index in [1.54, 1.807) is 0 Å². The van der Waals surface area contributed by atoms with Crippen molar-refractivity contribution in [3.63, 3.8) is 0 Å². The number of hydrogen-bond donors (Lipinski definition) is 0. The fourth-order valence-electron chi connectivity index (χ4n) is 2.46. The molecule has 1 saturated carbocycles. The van der Waals surface area contributed by atoms with E-state index in [-0.39, 0.29) is 18.0 Å². The lowest BCUT2D eigenvalue weighted by Crippen LogP contribution is -2.07. The first kappa shape index (κ1) is 14.4. The Bertz CT molecular complexity index is 209. The molecule has 2 nitrogen and oxygen atoms in total. The zero-order valence-corrected chi connectivity index (χ0v) is 11.0. The highest BCUT2D eigenvalue weighted by atomic mass is 16.1. The molecule has 0 aliphatic heterocycles. The van der Waals surface area contributed by atoms with Crippen molar-refractivity contribution in [3.05, 3.63) is 0 Å². The van der Waals surface area contributed by atoms with Crippen LogP contribution < -0.4 is 0 Å². The van der Waals surface area contributed by atoms with Gasteiger partial charge in [0.25, 0.3) is 0 Å². The van der Waals surface area contributed by atoms with Crippen LogP contribution in [0.4, 0.5) is 0 Å². The third kappa shape index (κ3) is 8.12. The molecule has 0 aromatic carbocycles. The van der Waals surface area contributed by atoms with Crippen LogP contribution in [-0.2, 0) is 9.59 Å². The van der Waals surface area contributed by atoms with Gasteiger partial charge in [0.1, 0.15) is 11.6 Å². The zero-order chi connectivity index (χ0) is 12.3. The van der Waals surface area contributed by atoms with Gasteiger partial charge in [-0.25, -0.2) is 0 Å². The standard InChI is InChI=1S/C15H26O2/c16-14-11-9-7-5-3-1-2-4-6-8-10-12-15(17)13-14/h1-13H2. The van der Waals surface area contributed by atoms with Gasteiger partial charge in [-0.15, -0.1) is 0 Å². The summed E-state index contributed by atoms with van der Waals surface area (Å²) >= 11 is 0. The maximum absolute atomic E-state index is 11.5.